The van der Waals surface area contributed by atoms with Gasteiger partial charge in [0.25, 0.3) is 0 Å². The average molecular weight is 302 g/mol. The molecule has 1 aromatic carbocycles. The molecule has 0 bridgehead atoms. The topological polar surface area (TPSA) is 73.9 Å². The molecule has 112 valence electrons. The lowest BCUT2D eigenvalue weighted by Crippen LogP contribution is -2.00. The number of hydrogen-bond acceptors (Lipinski definition) is 5. The van der Waals surface area contributed by atoms with Crippen molar-refractivity contribution in [3.8, 4) is 28.7 Å². The van der Waals surface area contributed by atoms with E-state index in [1.807, 2.05) is 30.3 Å². The largest absolute Gasteiger partial charge is 0.496 e. The predicted octanol–water partition coefficient (Wildman–Crippen LogP) is 2.53. The summed E-state index contributed by atoms with van der Waals surface area (Å²) in [6.45, 7) is 0. The molecule has 5 nitrogen and oxygen atoms in total. The Balaban J connectivity index is 2.16. The lowest BCUT2D eigenvalue weighted by Gasteiger charge is -2.10. The molecular formula is C18H14N4O. The highest BCUT2D eigenvalue weighted by molar-refractivity contribution is 5.76. The first-order valence-corrected chi connectivity index (χ1v) is 6.95. The van der Waals surface area contributed by atoms with Crippen molar-refractivity contribution in [2.24, 2.45) is 0 Å². The maximum absolute atomic E-state index is 5.86. The number of anilines is 1. The van der Waals surface area contributed by atoms with E-state index in [1.165, 1.54) is 6.33 Å². The first kappa shape index (κ1) is 14.5. The zero-order valence-electron chi connectivity index (χ0n) is 12.5. The molecular weight excluding hydrogens is 288 g/mol. The van der Waals surface area contributed by atoms with Gasteiger partial charge in [-0.2, -0.15) is 0 Å². The van der Waals surface area contributed by atoms with E-state index in [0.717, 1.165) is 16.7 Å². The number of benzene rings is 1. The first-order chi connectivity index (χ1) is 11.3. The second kappa shape index (κ2) is 6.58. The molecule has 2 heterocycles. The van der Waals surface area contributed by atoms with Crippen molar-refractivity contribution in [2.75, 3.05) is 12.8 Å². The molecule has 23 heavy (non-hydrogen) atoms. The smallest absolute Gasteiger partial charge is 0.133 e. The van der Waals surface area contributed by atoms with Crippen molar-refractivity contribution >= 4 is 5.82 Å². The molecule has 0 aliphatic rings. The SMILES string of the molecule is COc1cc(N)nc(C#Cc2ccccc2)c1-c1cncnc1. The van der Waals surface area contributed by atoms with Crippen molar-refractivity contribution < 1.29 is 4.74 Å². The van der Waals surface area contributed by atoms with Crippen LogP contribution in [0.1, 0.15) is 11.3 Å². The monoisotopic (exact) mass is 302 g/mol. The molecule has 3 aromatic rings. The van der Waals surface area contributed by atoms with Crippen molar-refractivity contribution in [2.45, 2.75) is 0 Å². The van der Waals surface area contributed by atoms with Crippen LogP contribution in [0.3, 0.4) is 0 Å². The zero-order chi connectivity index (χ0) is 16.1. The van der Waals surface area contributed by atoms with E-state index in [-0.39, 0.29) is 0 Å². The number of pyridine rings is 1. The summed E-state index contributed by atoms with van der Waals surface area (Å²) in [7, 11) is 1.58. The molecule has 2 aromatic heterocycles. The second-order valence-corrected chi connectivity index (χ2v) is 4.72. The number of nitrogens with zero attached hydrogens (tertiary/aromatic N) is 3. The molecule has 0 spiro atoms. The Kier molecular flexibility index (Phi) is 4.16. The van der Waals surface area contributed by atoms with Crippen LogP contribution in [0.5, 0.6) is 5.75 Å². The van der Waals surface area contributed by atoms with Gasteiger partial charge in [-0.25, -0.2) is 15.0 Å². The molecule has 0 saturated heterocycles. The molecule has 0 atom stereocenters. The van der Waals surface area contributed by atoms with Crippen LogP contribution >= 0.6 is 0 Å². The van der Waals surface area contributed by atoms with Gasteiger partial charge in [0.2, 0.25) is 0 Å². The molecule has 3 rings (SSSR count). The molecule has 0 aliphatic heterocycles. The van der Waals surface area contributed by atoms with Crippen LogP contribution in [0.25, 0.3) is 11.1 Å². The van der Waals surface area contributed by atoms with Gasteiger partial charge in [-0.1, -0.05) is 24.1 Å². The lowest BCUT2D eigenvalue weighted by molar-refractivity contribution is 0.416. The van der Waals surface area contributed by atoms with E-state index in [4.69, 9.17) is 10.5 Å². The number of methoxy groups -OCH3 is 1. The van der Waals surface area contributed by atoms with Gasteiger partial charge in [0.1, 0.15) is 23.6 Å². The fourth-order valence-corrected chi connectivity index (χ4v) is 2.15. The summed E-state index contributed by atoms with van der Waals surface area (Å²) in [6.07, 6.45) is 4.85. The number of rotatable bonds is 2. The van der Waals surface area contributed by atoms with Crippen molar-refractivity contribution in [1.29, 1.82) is 0 Å². The van der Waals surface area contributed by atoms with Gasteiger partial charge >= 0.3 is 0 Å². The number of aromatic nitrogens is 3. The Morgan fingerprint density at radius 2 is 1.78 bits per heavy atom. The Labute approximate surface area is 134 Å². The quantitative estimate of drug-likeness (QED) is 0.736. The van der Waals surface area contributed by atoms with E-state index in [0.29, 0.717) is 17.3 Å². The van der Waals surface area contributed by atoms with Crippen LogP contribution in [0.2, 0.25) is 0 Å². The number of ether oxygens (including phenoxy) is 1. The van der Waals surface area contributed by atoms with E-state index in [2.05, 4.69) is 26.8 Å². The van der Waals surface area contributed by atoms with Crippen LogP contribution in [-0.2, 0) is 0 Å². The highest BCUT2D eigenvalue weighted by Gasteiger charge is 2.14. The van der Waals surface area contributed by atoms with Crippen LogP contribution < -0.4 is 10.5 Å². The molecule has 0 radical (unpaired) electrons. The number of nitrogens with two attached hydrogens (primary N) is 1. The summed E-state index contributed by atoms with van der Waals surface area (Å²) in [4.78, 5) is 12.4. The third kappa shape index (κ3) is 3.27. The van der Waals surface area contributed by atoms with Gasteiger partial charge in [0.15, 0.2) is 0 Å². The minimum atomic E-state index is 0.347. The van der Waals surface area contributed by atoms with Crippen LogP contribution in [0.4, 0.5) is 5.82 Å². The fraction of sp³-hybridized carbons (Fsp3) is 0.0556. The third-order valence-electron chi connectivity index (χ3n) is 3.17. The molecule has 0 fully saturated rings. The van der Waals surface area contributed by atoms with Crippen LogP contribution in [0, 0.1) is 11.8 Å². The highest BCUT2D eigenvalue weighted by Crippen LogP contribution is 2.32. The van der Waals surface area contributed by atoms with Gasteiger partial charge in [0.05, 0.1) is 12.7 Å². The van der Waals surface area contributed by atoms with Gasteiger partial charge < -0.3 is 10.5 Å². The van der Waals surface area contributed by atoms with Gasteiger partial charge in [-0.05, 0) is 18.1 Å². The third-order valence-corrected chi connectivity index (χ3v) is 3.17. The van der Waals surface area contributed by atoms with Crippen LogP contribution in [-0.4, -0.2) is 22.1 Å². The minimum Gasteiger partial charge on any atom is -0.496 e. The Bertz CT molecular complexity index is 868. The summed E-state index contributed by atoms with van der Waals surface area (Å²) < 4.78 is 5.43. The summed E-state index contributed by atoms with van der Waals surface area (Å²) >= 11 is 0. The van der Waals surface area contributed by atoms with E-state index >= 15 is 0 Å². The Hall–Kier alpha value is -3.39. The maximum atomic E-state index is 5.86. The zero-order valence-corrected chi connectivity index (χ0v) is 12.5. The molecule has 5 heteroatoms. The van der Waals surface area contributed by atoms with Gasteiger partial charge in [-0.15, -0.1) is 0 Å². The van der Waals surface area contributed by atoms with Crippen molar-refractivity contribution in [1.82, 2.24) is 15.0 Å². The Morgan fingerprint density at radius 1 is 1.04 bits per heavy atom. The minimum absolute atomic E-state index is 0.347. The first-order valence-electron chi connectivity index (χ1n) is 6.95. The lowest BCUT2D eigenvalue weighted by atomic mass is 10.1. The average Bonchev–Trinajstić information content (AvgIpc) is 2.61. The predicted molar refractivity (Wildman–Crippen MR) is 88.6 cm³/mol. The number of hydrogen-bond donors (Lipinski definition) is 1. The Morgan fingerprint density at radius 3 is 2.48 bits per heavy atom. The highest BCUT2D eigenvalue weighted by atomic mass is 16.5. The molecule has 0 aliphatic carbocycles. The summed E-state index contributed by atoms with van der Waals surface area (Å²) in [5, 5.41) is 0. The summed E-state index contributed by atoms with van der Waals surface area (Å²) in [5.74, 6) is 7.09. The van der Waals surface area contributed by atoms with Crippen molar-refractivity contribution in [3.63, 3.8) is 0 Å². The van der Waals surface area contributed by atoms with E-state index < -0.39 is 0 Å². The van der Waals surface area contributed by atoms with Gasteiger partial charge in [0, 0.05) is 29.6 Å². The fourth-order valence-electron chi connectivity index (χ4n) is 2.15. The standard InChI is InChI=1S/C18H14N4O/c1-23-16-9-17(19)22-15(8-7-13-5-3-2-4-6-13)18(16)14-10-20-12-21-11-14/h2-6,9-12H,1H3,(H2,19,22). The number of nitrogen functional groups attached to an aromatic ring is 1. The van der Waals surface area contributed by atoms with Crippen LogP contribution in [0.15, 0.2) is 55.1 Å². The van der Waals surface area contributed by atoms with E-state index in [9.17, 15) is 0 Å². The summed E-state index contributed by atoms with van der Waals surface area (Å²) in [6, 6.07) is 11.3. The normalized spacial score (nSPS) is 9.78. The second-order valence-electron chi connectivity index (χ2n) is 4.72. The van der Waals surface area contributed by atoms with E-state index in [1.54, 1.807) is 25.6 Å². The molecule has 0 amide bonds. The van der Waals surface area contributed by atoms with Crippen molar-refractivity contribution in [3.05, 3.63) is 66.4 Å². The van der Waals surface area contributed by atoms with Gasteiger partial charge in [-0.3, -0.25) is 0 Å². The molecule has 2 N–H and O–H groups in total. The molecule has 0 saturated carbocycles. The maximum Gasteiger partial charge on any atom is 0.133 e. The summed E-state index contributed by atoms with van der Waals surface area (Å²) in [5.41, 5.74) is 8.78. The molecule has 0 unspecified atom stereocenters.